The zero-order valence-corrected chi connectivity index (χ0v) is 11.8. The van der Waals surface area contributed by atoms with Crippen molar-refractivity contribution in [3.8, 4) is 11.5 Å². The van der Waals surface area contributed by atoms with Gasteiger partial charge in [0.15, 0.2) is 18.1 Å². The Labute approximate surface area is 126 Å². The van der Waals surface area contributed by atoms with E-state index in [1.807, 2.05) is 0 Å². The summed E-state index contributed by atoms with van der Waals surface area (Å²) in [7, 11) is 0. The summed E-state index contributed by atoms with van der Waals surface area (Å²) in [5.74, 6) is -0.332. The normalized spacial score (nSPS) is 15.4. The summed E-state index contributed by atoms with van der Waals surface area (Å²) >= 11 is 0. The molecule has 1 aliphatic heterocycles. The van der Waals surface area contributed by atoms with Gasteiger partial charge in [-0.3, -0.25) is 14.9 Å². The van der Waals surface area contributed by atoms with E-state index in [1.165, 1.54) is 6.08 Å². The third-order valence-corrected chi connectivity index (χ3v) is 2.67. The maximum absolute atomic E-state index is 11.5. The molecule has 1 heterocycles. The predicted octanol–water partition coefficient (Wildman–Crippen LogP) is 0.130. The van der Waals surface area contributed by atoms with E-state index in [1.54, 1.807) is 25.1 Å². The lowest BCUT2D eigenvalue weighted by Crippen LogP contribution is -2.22. The molecule has 1 fully saturated rings. The highest BCUT2D eigenvalue weighted by Crippen LogP contribution is 2.29. The standard InChI is InChI=1S/C14H15N3O5/c1-2-21-11-6-8(3-4-10(11)22-7-12(15)18)5-9-13(19)17-14(20)16-9/h3-6H,2,7H2,1H3,(H2,15,18)(H2,16,17,19,20). The summed E-state index contributed by atoms with van der Waals surface area (Å²) in [5, 5.41) is 4.49. The molecule has 0 unspecified atom stereocenters. The van der Waals surface area contributed by atoms with Gasteiger partial charge in [-0.25, -0.2) is 4.79 Å². The summed E-state index contributed by atoms with van der Waals surface area (Å²) in [5.41, 5.74) is 5.80. The van der Waals surface area contributed by atoms with E-state index in [2.05, 4.69) is 10.6 Å². The van der Waals surface area contributed by atoms with Crippen LogP contribution in [0.5, 0.6) is 11.5 Å². The largest absolute Gasteiger partial charge is 0.490 e. The minimum Gasteiger partial charge on any atom is -0.490 e. The van der Waals surface area contributed by atoms with Crippen LogP contribution >= 0.6 is 0 Å². The quantitative estimate of drug-likeness (QED) is 0.509. The van der Waals surface area contributed by atoms with E-state index in [-0.39, 0.29) is 12.3 Å². The monoisotopic (exact) mass is 305 g/mol. The van der Waals surface area contributed by atoms with E-state index in [9.17, 15) is 14.4 Å². The van der Waals surface area contributed by atoms with Crippen molar-refractivity contribution in [3.05, 3.63) is 29.5 Å². The van der Waals surface area contributed by atoms with Crippen molar-refractivity contribution in [1.29, 1.82) is 0 Å². The Morgan fingerprint density at radius 2 is 2.00 bits per heavy atom. The number of benzene rings is 1. The van der Waals surface area contributed by atoms with Gasteiger partial charge in [0.25, 0.3) is 11.8 Å². The lowest BCUT2D eigenvalue weighted by atomic mass is 10.1. The van der Waals surface area contributed by atoms with Gasteiger partial charge >= 0.3 is 6.03 Å². The molecule has 1 aromatic carbocycles. The van der Waals surface area contributed by atoms with Crippen LogP contribution in [-0.4, -0.2) is 31.1 Å². The number of urea groups is 1. The van der Waals surface area contributed by atoms with Gasteiger partial charge in [0.05, 0.1) is 6.61 Å². The third kappa shape index (κ3) is 3.75. The SMILES string of the molecule is CCOc1cc(C=C2NC(=O)NC2=O)ccc1OCC(N)=O. The second-order valence-corrected chi connectivity index (χ2v) is 4.36. The topological polar surface area (TPSA) is 120 Å². The number of imide groups is 1. The van der Waals surface area contributed by atoms with Crippen LogP contribution in [0.1, 0.15) is 12.5 Å². The highest BCUT2D eigenvalue weighted by atomic mass is 16.5. The molecular weight excluding hydrogens is 290 g/mol. The second-order valence-electron chi connectivity index (χ2n) is 4.36. The van der Waals surface area contributed by atoms with Crippen LogP contribution in [0.15, 0.2) is 23.9 Å². The van der Waals surface area contributed by atoms with Crippen molar-refractivity contribution in [2.45, 2.75) is 6.92 Å². The van der Waals surface area contributed by atoms with Gasteiger partial charge in [-0.15, -0.1) is 0 Å². The van der Waals surface area contributed by atoms with Crippen LogP contribution in [0.25, 0.3) is 6.08 Å². The number of rotatable bonds is 6. The minimum absolute atomic E-state index is 0.137. The number of amides is 4. The van der Waals surface area contributed by atoms with Crippen LogP contribution in [0.4, 0.5) is 4.79 Å². The molecule has 0 aromatic heterocycles. The molecule has 0 radical (unpaired) electrons. The molecule has 1 aromatic rings. The summed E-state index contributed by atoms with van der Waals surface area (Å²) in [6.45, 7) is 1.93. The second kappa shape index (κ2) is 6.61. The number of nitrogens with one attached hydrogen (secondary N) is 2. The molecule has 0 bridgehead atoms. The molecule has 8 nitrogen and oxygen atoms in total. The van der Waals surface area contributed by atoms with Gasteiger partial charge in [-0.05, 0) is 30.7 Å². The first-order valence-corrected chi connectivity index (χ1v) is 6.51. The Hall–Kier alpha value is -3.03. The van der Waals surface area contributed by atoms with Gasteiger partial charge in [-0.1, -0.05) is 6.07 Å². The van der Waals surface area contributed by atoms with Crippen LogP contribution in [0, 0.1) is 0 Å². The Balaban J connectivity index is 2.25. The van der Waals surface area contributed by atoms with Crippen LogP contribution in [-0.2, 0) is 9.59 Å². The van der Waals surface area contributed by atoms with E-state index < -0.39 is 17.8 Å². The smallest absolute Gasteiger partial charge is 0.326 e. The Kier molecular flexibility index (Phi) is 4.62. The molecule has 4 amide bonds. The van der Waals surface area contributed by atoms with E-state index in [4.69, 9.17) is 15.2 Å². The first-order chi connectivity index (χ1) is 10.5. The summed E-state index contributed by atoms with van der Waals surface area (Å²) < 4.78 is 10.7. The van der Waals surface area contributed by atoms with Gasteiger partial charge < -0.3 is 20.5 Å². The zero-order valence-electron chi connectivity index (χ0n) is 11.8. The highest BCUT2D eigenvalue weighted by molar-refractivity contribution is 6.14. The Bertz CT molecular complexity index is 654. The van der Waals surface area contributed by atoms with Crippen molar-refractivity contribution in [2.75, 3.05) is 13.2 Å². The van der Waals surface area contributed by atoms with Crippen LogP contribution in [0.2, 0.25) is 0 Å². The fraction of sp³-hybridized carbons (Fsp3) is 0.214. The number of hydrogen-bond donors (Lipinski definition) is 3. The summed E-state index contributed by atoms with van der Waals surface area (Å²) in [6.07, 6.45) is 1.50. The summed E-state index contributed by atoms with van der Waals surface area (Å²) in [4.78, 5) is 33.3. The zero-order chi connectivity index (χ0) is 16.1. The van der Waals surface area contributed by atoms with E-state index in [0.29, 0.717) is 23.7 Å². The molecule has 8 heteroatoms. The van der Waals surface area contributed by atoms with Gasteiger partial charge in [0.1, 0.15) is 5.70 Å². The molecule has 0 aliphatic carbocycles. The molecule has 4 N–H and O–H groups in total. The van der Waals surface area contributed by atoms with Crippen LogP contribution < -0.4 is 25.8 Å². The molecular formula is C14H15N3O5. The lowest BCUT2D eigenvalue weighted by molar-refractivity contribution is -0.120. The van der Waals surface area contributed by atoms with E-state index >= 15 is 0 Å². The molecule has 2 rings (SSSR count). The maximum atomic E-state index is 11.5. The first kappa shape index (κ1) is 15.4. The number of carbonyl (C=O) groups is 3. The molecule has 1 saturated heterocycles. The van der Waals surface area contributed by atoms with Crippen molar-refractivity contribution in [3.63, 3.8) is 0 Å². The molecule has 116 valence electrons. The Morgan fingerprint density at radius 3 is 2.59 bits per heavy atom. The van der Waals surface area contributed by atoms with Gasteiger partial charge in [0, 0.05) is 0 Å². The molecule has 1 aliphatic rings. The highest BCUT2D eigenvalue weighted by Gasteiger charge is 2.22. The Morgan fingerprint density at radius 1 is 1.23 bits per heavy atom. The fourth-order valence-electron chi connectivity index (χ4n) is 1.80. The first-order valence-electron chi connectivity index (χ1n) is 6.51. The molecule has 0 spiro atoms. The van der Waals surface area contributed by atoms with E-state index in [0.717, 1.165) is 0 Å². The number of ether oxygens (including phenoxy) is 2. The molecule has 0 atom stereocenters. The van der Waals surface area contributed by atoms with Crippen molar-refractivity contribution < 1.29 is 23.9 Å². The van der Waals surface area contributed by atoms with Gasteiger partial charge in [-0.2, -0.15) is 0 Å². The minimum atomic E-state index is -0.598. The third-order valence-electron chi connectivity index (χ3n) is 2.67. The van der Waals surface area contributed by atoms with Gasteiger partial charge in [0.2, 0.25) is 0 Å². The summed E-state index contributed by atoms with van der Waals surface area (Å²) in [6, 6.07) is 4.31. The number of primary amides is 1. The van der Waals surface area contributed by atoms with Crippen molar-refractivity contribution >= 4 is 23.9 Å². The average molecular weight is 305 g/mol. The predicted molar refractivity (Wildman–Crippen MR) is 77.0 cm³/mol. The van der Waals surface area contributed by atoms with Crippen LogP contribution in [0.3, 0.4) is 0 Å². The maximum Gasteiger partial charge on any atom is 0.326 e. The molecule has 22 heavy (non-hydrogen) atoms. The van der Waals surface area contributed by atoms with Crippen molar-refractivity contribution in [2.24, 2.45) is 5.73 Å². The number of hydrogen-bond acceptors (Lipinski definition) is 5. The lowest BCUT2D eigenvalue weighted by Gasteiger charge is -2.11. The molecule has 0 saturated carbocycles. The number of nitrogens with two attached hydrogens (primary N) is 1. The van der Waals surface area contributed by atoms with Crippen molar-refractivity contribution in [1.82, 2.24) is 10.6 Å². The average Bonchev–Trinajstić information content (AvgIpc) is 2.76. The fourth-order valence-corrected chi connectivity index (χ4v) is 1.80. The number of carbonyl (C=O) groups excluding carboxylic acids is 3.